The maximum absolute atomic E-state index is 11.5. The molecule has 0 radical (unpaired) electrons. The number of aliphatic hydroxyl groups is 1. The van der Waals surface area contributed by atoms with Gasteiger partial charge in [-0.1, -0.05) is 24.3 Å². The molecule has 1 amide bonds. The van der Waals surface area contributed by atoms with Crippen molar-refractivity contribution < 1.29 is 24.1 Å². The van der Waals surface area contributed by atoms with Crippen LogP contribution in [0.3, 0.4) is 0 Å². The average molecular weight is 426 g/mol. The molecule has 7 nitrogen and oxygen atoms in total. The number of rotatable bonds is 6. The van der Waals surface area contributed by atoms with Crippen LogP contribution in [0.25, 0.3) is 0 Å². The Balaban J connectivity index is 1.40. The van der Waals surface area contributed by atoms with Crippen molar-refractivity contribution in [3.63, 3.8) is 0 Å². The highest BCUT2D eigenvalue weighted by atomic mass is 32.1. The lowest BCUT2D eigenvalue weighted by molar-refractivity contribution is 0.175. The van der Waals surface area contributed by atoms with Gasteiger partial charge in [-0.15, -0.1) is 0 Å². The number of thiazole rings is 1. The van der Waals surface area contributed by atoms with Crippen LogP contribution >= 0.6 is 11.3 Å². The normalized spacial score (nSPS) is 15.1. The number of aliphatic hydroxyl groups excluding tert-OH is 1. The van der Waals surface area contributed by atoms with E-state index in [0.717, 1.165) is 35.5 Å². The Labute approximate surface area is 178 Å². The fourth-order valence-corrected chi connectivity index (χ4v) is 3.96. The Kier molecular flexibility index (Phi) is 6.15. The van der Waals surface area contributed by atoms with Crippen molar-refractivity contribution in [2.24, 2.45) is 0 Å². The van der Waals surface area contributed by atoms with Gasteiger partial charge >= 0.3 is 6.09 Å². The number of amides is 1. The summed E-state index contributed by atoms with van der Waals surface area (Å²) in [6.07, 6.45) is 2.63. The monoisotopic (exact) mass is 426 g/mol. The van der Waals surface area contributed by atoms with Crippen molar-refractivity contribution in [1.29, 1.82) is 0 Å². The number of carbonyl (C=O) groups excluding carboxylic acids is 1. The third-order valence-corrected chi connectivity index (χ3v) is 5.51. The third kappa shape index (κ3) is 4.72. The first-order valence-electron chi connectivity index (χ1n) is 9.67. The van der Waals surface area contributed by atoms with Gasteiger partial charge in [-0.25, -0.2) is 9.78 Å². The van der Waals surface area contributed by atoms with E-state index in [4.69, 9.17) is 19.3 Å². The first-order chi connectivity index (χ1) is 14.6. The summed E-state index contributed by atoms with van der Waals surface area (Å²) in [7, 11) is 0. The van der Waals surface area contributed by atoms with Crippen LogP contribution in [0.4, 0.5) is 4.79 Å². The van der Waals surface area contributed by atoms with E-state index in [0.29, 0.717) is 16.0 Å². The molecule has 8 heteroatoms. The Morgan fingerprint density at radius 2 is 2.20 bits per heavy atom. The number of nitrogens with zero attached hydrogens (tertiary/aromatic N) is 1. The Hall–Kier alpha value is -3.10. The summed E-state index contributed by atoms with van der Waals surface area (Å²) in [5.74, 6) is 1.52. The van der Waals surface area contributed by atoms with Gasteiger partial charge in [-0.2, -0.15) is 0 Å². The summed E-state index contributed by atoms with van der Waals surface area (Å²) in [5.41, 5.74) is 3.55. The van der Waals surface area contributed by atoms with Crippen LogP contribution in [0.2, 0.25) is 0 Å². The molecular weight excluding hydrogens is 404 g/mol. The highest BCUT2D eigenvalue weighted by Gasteiger charge is 2.23. The van der Waals surface area contributed by atoms with E-state index in [9.17, 15) is 4.79 Å². The van der Waals surface area contributed by atoms with E-state index in [1.54, 1.807) is 0 Å². The van der Waals surface area contributed by atoms with E-state index in [-0.39, 0.29) is 19.3 Å². The average Bonchev–Trinajstić information content (AvgIpc) is 3.18. The lowest BCUT2D eigenvalue weighted by atomic mass is 9.95. The van der Waals surface area contributed by atoms with Gasteiger partial charge in [0.15, 0.2) is 0 Å². The van der Waals surface area contributed by atoms with Crippen LogP contribution in [-0.2, 0) is 6.42 Å². The van der Waals surface area contributed by atoms with E-state index in [2.05, 4.69) is 29.4 Å². The van der Waals surface area contributed by atoms with Gasteiger partial charge in [-0.3, -0.25) is 0 Å². The molecule has 2 aromatic carbocycles. The van der Waals surface area contributed by atoms with Crippen LogP contribution in [-0.4, -0.2) is 29.3 Å². The van der Waals surface area contributed by atoms with Gasteiger partial charge in [-0.05, 0) is 66.0 Å². The zero-order chi connectivity index (χ0) is 20.9. The summed E-state index contributed by atoms with van der Waals surface area (Å²) in [5, 5.41) is 11.8. The molecule has 0 saturated heterocycles. The maximum atomic E-state index is 11.5. The van der Waals surface area contributed by atoms with Crippen LogP contribution in [0.15, 0.2) is 48.7 Å². The second-order valence-electron chi connectivity index (χ2n) is 6.86. The number of ether oxygens (including phenoxy) is 3. The maximum Gasteiger partial charge on any atom is 0.413 e. The highest BCUT2D eigenvalue weighted by Crippen LogP contribution is 2.39. The molecule has 0 spiro atoms. The van der Waals surface area contributed by atoms with Gasteiger partial charge in [0.2, 0.25) is 5.06 Å². The molecule has 30 heavy (non-hydrogen) atoms. The van der Waals surface area contributed by atoms with Gasteiger partial charge in [0, 0.05) is 6.54 Å². The van der Waals surface area contributed by atoms with Crippen molar-refractivity contribution in [2.75, 3.05) is 13.2 Å². The van der Waals surface area contributed by atoms with E-state index < -0.39 is 6.09 Å². The first kappa shape index (κ1) is 20.2. The lowest BCUT2D eigenvalue weighted by Crippen LogP contribution is -2.29. The zero-order valence-corrected chi connectivity index (χ0v) is 17.3. The first-order valence-corrected chi connectivity index (χ1v) is 10.5. The fraction of sp³-hybridized carbons (Fsp3) is 0.273. The van der Waals surface area contributed by atoms with Crippen LogP contribution in [0.1, 0.15) is 29.2 Å². The fourth-order valence-electron chi connectivity index (χ4n) is 3.32. The molecule has 2 N–H and O–H groups in total. The molecule has 1 aromatic heterocycles. The molecule has 1 atom stereocenters. The molecule has 0 bridgehead atoms. The number of carbonyl (C=O) groups is 1. The van der Waals surface area contributed by atoms with E-state index >= 15 is 0 Å². The lowest BCUT2D eigenvalue weighted by Gasteiger charge is -2.27. The quantitative estimate of drug-likeness (QED) is 0.608. The molecule has 1 aliphatic heterocycles. The second kappa shape index (κ2) is 9.15. The summed E-state index contributed by atoms with van der Waals surface area (Å²) in [4.78, 5) is 15.7. The van der Waals surface area contributed by atoms with Crippen molar-refractivity contribution in [3.05, 3.63) is 65.4 Å². The molecule has 4 rings (SSSR count). The number of fused-ring (bicyclic) bond motifs is 1. The summed E-state index contributed by atoms with van der Waals surface area (Å²) in [6.45, 7) is 2.08. The van der Waals surface area contributed by atoms with Crippen molar-refractivity contribution in [2.45, 2.75) is 25.9 Å². The van der Waals surface area contributed by atoms with E-state index in [1.165, 1.54) is 17.3 Å². The number of hydrogen-bond acceptors (Lipinski definition) is 7. The van der Waals surface area contributed by atoms with Gasteiger partial charge in [0.25, 0.3) is 5.19 Å². The molecule has 156 valence electrons. The van der Waals surface area contributed by atoms with Crippen LogP contribution in [0.5, 0.6) is 21.8 Å². The summed E-state index contributed by atoms with van der Waals surface area (Å²) < 4.78 is 17.1. The SMILES string of the molecule is Cc1ccccc1[C@H]1CCc2cc(Oc3ncc(OC(=O)NCCO)s3)ccc2O1. The Bertz CT molecular complexity index is 1040. The molecule has 3 aromatic rings. The smallest absolute Gasteiger partial charge is 0.413 e. The highest BCUT2D eigenvalue weighted by molar-refractivity contribution is 7.15. The molecular formula is C22H22N2O5S. The second-order valence-corrected chi connectivity index (χ2v) is 7.81. The number of benzene rings is 2. The predicted octanol–water partition coefficient (Wildman–Crippen LogP) is 4.39. The minimum atomic E-state index is -0.645. The Morgan fingerprint density at radius 1 is 1.33 bits per heavy atom. The summed E-state index contributed by atoms with van der Waals surface area (Å²) >= 11 is 1.12. The minimum Gasteiger partial charge on any atom is -0.485 e. The van der Waals surface area contributed by atoms with Crippen LogP contribution in [0, 0.1) is 6.92 Å². The van der Waals surface area contributed by atoms with Crippen molar-refractivity contribution in [3.8, 4) is 21.8 Å². The van der Waals surface area contributed by atoms with Gasteiger partial charge in [0.1, 0.15) is 17.6 Å². The molecule has 1 aliphatic rings. The summed E-state index contributed by atoms with van der Waals surface area (Å²) in [6, 6.07) is 14.0. The number of nitrogens with one attached hydrogen (secondary N) is 1. The molecule has 2 heterocycles. The molecule has 0 unspecified atom stereocenters. The molecule has 0 fully saturated rings. The van der Waals surface area contributed by atoms with Crippen molar-refractivity contribution >= 4 is 17.4 Å². The largest absolute Gasteiger partial charge is 0.485 e. The molecule has 0 saturated carbocycles. The minimum absolute atomic E-state index is 0.0566. The van der Waals surface area contributed by atoms with Gasteiger partial charge in [0.05, 0.1) is 12.8 Å². The number of hydrogen-bond donors (Lipinski definition) is 2. The molecule has 0 aliphatic carbocycles. The topological polar surface area (TPSA) is 89.9 Å². The third-order valence-electron chi connectivity index (χ3n) is 4.76. The van der Waals surface area contributed by atoms with Crippen molar-refractivity contribution in [1.82, 2.24) is 10.3 Å². The predicted molar refractivity (Wildman–Crippen MR) is 113 cm³/mol. The number of aryl methyl sites for hydroxylation is 2. The standard InChI is InChI=1S/C22H22N2O5S/c1-14-4-2-3-5-17(14)19-8-6-15-12-16(7-9-18(15)28-19)27-22-24-13-20(30-22)29-21(26)23-10-11-25/h2-5,7,9,12-13,19,25H,6,8,10-11H2,1H3,(H,23,26)/t19-/m1/s1. The van der Waals surface area contributed by atoms with E-state index in [1.807, 2.05) is 30.3 Å². The Morgan fingerprint density at radius 3 is 3.03 bits per heavy atom. The van der Waals surface area contributed by atoms with Gasteiger partial charge < -0.3 is 24.6 Å². The zero-order valence-electron chi connectivity index (χ0n) is 16.5. The number of aromatic nitrogens is 1. The van der Waals surface area contributed by atoms with Crippen LogP contribution < -0.4 is 19.5 Å².